The molecule has 1 heterocycles. The number of amidine groups is 1. The maximum atomic E-state index is 12.0. The molecule has 0 radical (unpaired) electrons. The van der Waals surface area contributed by atoms with Gasteiger partial charge in [0.05, 0.1) is 17.2 Å². The van der Waals surface area contributed by atoms with Crippen LogP contribution in [0.5, 0.6) is 0 Å². The lowest BCUT2D eigenvalue weighted by Crippen LogP contribution is -2.27. The highest BCUT2D eigenvalue weighted by atomic mass is 32.2. The van der Waals surface area contributed by atoms with Crippen LogP contribution in [0.2, 0.25) is 0 Å². The lowest BCUT2D eigenvalue weighted by atomic mass is 9.97. The SMILES string of the molecule is CC(=O)Nc1ccc(NC(=O)CSCC2=NC(=O)C3C=CC=CC3=N2)cc1. The van der Waals surface area contributed by atoms with Crippen LogP contribution in [0.4, 0.5) is 11.4 Å². The van der Waals surface area contributed by atoms with Gasteiger partial charge in [0.25, 0.3) is 5.91 Å². The quantitative estimate of drug-likeness (QED) is 0.789. The van der Waals surface area contributed by atoms with Crippen molar-refractivity contribution in [3.8, 4) is 0 Å². The zero-order chi connectivity index (χ0) is 19.2. The molecule has 3 amide bonds. The summed E-state index contributed by atoms with van der Waals surface area (Å²) in [6.45, 7) is 1.43. The highest BCUT2D eigenvalue weighted by Gasteiger charge is 2.26. The number of anilines is 2. The van der Waals surface area contributed by atoms with Gasteiger partial charge in [0.15, 0.2) is 0 Å². The highest BCUT2D eigenvalue weighted by Crippen LogP contribution is 2.18. The fourth-order valence-corrected chi connectivity index (χ4v) is 3.23. The number of allylic oxidation sites excluding steroid dienone is 3. The molecule has 2 aliphatic rings. The topological polar surface area (TPSA) is 100.0 Å². The van der Waals surface area contributed by atoms with Crippen molar-refractivity contribution in [2.75, 3.05) is 22.1 Å². The predicted molar refractivity (Wildman–Crippen MR) is 108 cm³/mol. The van der Waals surface area contributed by atoms with Gasteiger partial charge in [0.1, 0.15) is 11.8 Å². The van der Waals surface area contributed by atoms with Gasteiger partial charge in [-0.3, -0.25) is 14.4 Å². The summed E-state index contributed by atoms with van der Waals surface area (Å²) < 4.78 is 0. The summed E-state index contributed by atoms with van der Waals surface area (Å²) in [4.78, 5) is 43.4. The first kappa shape index (κ1) is 18.8. The van der Waals surface area contributed by atoms with Gasteiger partial charge >= 0.3 is 0 Å². The molecular weight excluding hydrogens is 364 g/mol. The van der Waals surface area contributed by atoms with Crippen LogP contribution < -0.4 is 10.6 Å². The molecule has 1 aliphatic carbocycles. The number of amides is 3. The second-order valence-corrected chi connectivity index (χ2v) is 6.91. The van der Waals surface area contributed by atoms with E-state index in [9.17, 15) is 14.4 Å². The Bertz CT molecular complexity index is 885. The van der Waals surface area contributed by atoms with E-state index in [1.807, 2.05) is 12.2 Å². The lowest BCUT2D eigenvalue weighted by Gasteiger charge is -2.17. The number of carbonyl (C=O) groups excluding carboxylic acids is 3. The number of aliphatic imine (C=N–C) groups is 2. The molecule has 0 aromatic heterocycles. The third-order valence-corrected chi connectivity index (χ3v) is 4.65. The maximum absolute atomic E-state index is 12.0. The van der Waals surface area contributed by atoms with Crippen LogP contribution in [-0.4, -0.2) is 40.8 Å². The average Bonchev–Trinajstić information content (AvgIpc) is 2.63. The number of carbonyl (C=O) groups is 3. The Morgan fingerprint density at radius 2 is 1.78 bits per heavy atom. The van der Waals surface area contributed by atoms with E-state index < -0.39 is 0 Å². The molecule has 27 heavy (non-hydrogen) atoms. The van der Waals surface area contributed by atoms with E-state index in [0.29, 0.717) is 28.7 Å². The maximum Gasteiger partial charge on any atom is 0.260 e. The summed E-state index contributed by atoms with van der Waals surface area (Å²) in [6, 6.07) is 6.86. The van der Waals surface area contributed by atoms with Crippen LogP contribution in [0, 0.1) is 5.92 Å². The summed E-state index contributed by atoms with van der Waals surface area (Å²) in [5.41, 5.74) is 2.00. The summed E-state index contributed by atoms with van der Waals surface area (Å²) >= 11 is 1.34. The molecule has 0 bridgehead atoms. The van der Waals surface area contributed by atoms with Crippen LogP contribution in [0.1, 0.15) is 6.92 Å². The van der Waals surface area contributed by atoms with E-state index in [-0.39, 0.29) is 29.4 Å². The zero-order valence-corrected chi connectivity index (χ0v) is 15.5. The highest BCUT2D eigenvalue weighted by molar-refractivity contribution is 8.00. The molecule has 7 nitrogen and oxygen atoms in total. The van der Waals surface area contributed by atoms with Gasteiger partial charge in [0.2, 0.25) is 11.8 Å². The minimum atomic E-state index is -0.382. The van der Waals surface area contributed by atoms with Crippen molar-refractivity contribution < 1.29 is 14.4 Å². The molecule has 2 N–H and O–H groups in total. The van der Waals surface area contributed by atoms with Gasteiger partial charge in [-0.25, -0.2) is 4.99 Å². The molecule has 0 fully saturated rings. The molecule has 0 saturated carbocycles. The minimum Gasteiger partial charge on any atom is -0.326 e. The minimum absolute atomic E-state index is 0.151. The Balaban J connectivity index is 1.46. The van der Waals surface area contributed by atoms with E-state index in [0.717, 1.165) is 0 Å². The van der Waals surface area contributed by atoms with Crippen molar-refractivity contribution in [3.05, 3.63) is 48.6 Å². The largest absolute Gasteiger partial charge is 0.326 e. The van der Waals surface area contributed by atoms with E-state index in [4.69, 9.17) is 0 Å². The number of nitrogens with one attached hydrogen (secondary N) is 2. The number of benzene rings is 1. The summed E-state index contributed by atoms with van der Waals surface area (Å²) in [6.07, 6.45) is 7.23. The molecule has 1 unspecified atom stereocenters. The predicted octanol–water partition coefficient (Wildman–Crippen LogP) is 2.44. The Labute approximate surface area is 160 Å². The van der Waals surface area contributed by atoms with Gasteiger partial charge in [-0.05, 0) is 30.3 Å². The first-order valence-corrected chi connectivity index (χ1v) is 9.47. The Morgan fingerprint density at radius 1 is 1.07 bits per heavy atom. The molecule has 138 valence electrons. The third kappa shape index (κ3) is 5.24. The zero-order valence-electron chi connectivity index (χ0n) is 14.6. The van der Waals surface area contributed by atoms with Crippen LogP contribution in [0.3, 0.4) is 0 Å². The average molecular weight is 382 g/mol. The number of nitrogens with zero attached hydrogens (tertiary/aromatic N) is 2. The molecule has 1 aliphatic heterocycles. The van der Waals surface area contributed by atoms with Gasteiger partial charge in [-0.2, -0.15) is 4.99 Å². The summed E-state index contributed by atoms with van der Waals surface area (Å²) in [5, 5.41) is 5.44. The van der Waals surface area contributed by atoms with E-state index in [2.05, 4.69) is 20.6 Å². The van der Waals surface area contributed by atoms with E-state index in [1.54, 1.807) is 36.4 Å². The molecule has 1 aromatic carbocycles. The Kier molecular flexibility index (Phi) is 5.97. The molecular formula is C19H18N4O3S. The molecule has 3 rings (SSSR count). The molecule has 8 heteroatoms. The van der Waals surface area contributed by atoms with Crippen molar-refractivity contribution in [2.24, 2.45) is 15.9 Å². The number of fused-ring (bicyclic) bond motifs is 1. The number of thioether (sulfide) groups is 1. The first-order chi connectivity index (χ1) is 13.0. The number of hydrogen-bond acceptors (Lipinski definition) is 5. The van der Waals surface area contributed by atoms with Gasteiger partial charge in [-0.1, -0.05) is 18.2 Å². The fourth-order valence-electron chi connectivity index (χ4n) is 2.55. The van der Waals surface area contributed by atoms with Crippen LogP contribution in [0.15, 0.2) is 58.6 Å². The molecule has 0 spiro atoms. The van der Waals surface area contributed by atoms with Gasteiger partial charge < -0.3 is 10.6 Å². The third-order valence-electron chi connectivity index (χ3n) is 3.72. The van der Waals surface area contributed by atoms with Crippen molar-refractivity contribution in [1.82, 2.24) is 0 Å². The molecule has 1 atom stereocenters. The fraction of sp³-hybridized carbons (Fsp3) is 0.211. The standard InChI is InChI=1S/C19H18N4O3S/c1-12(24)20-13-6-8-14(9-7-13)21-18(25)11-27-10-17-22-16-5-3-2-4-15(16)19(26)23-17/h2-9,15H,10-11H2,1H3,(H,20,24)(H,21,25). The van der Waals surface area contributed by atoms with Crippen molar-refractivity contribution in [1.29, 1.82) is 0 Å². The van der Waals surface area contributed by atoms with Gasteiger partial charge in [-0.15, -0.1) is 11.8 Å². The van der Waals surface area contributed by atoms with Gasteiger partial charge in [0, 0.05) is 18.3 Å². The first-order valence-electron chi connectivity index (χ1n) is 8.31. The monoisotopic (exact) mass is 382 g/mol. The van der Waals surface area contributed by atoms with Crippen molar-refractivity contribution >= 4 is 52.4 Å². The Morgan fingerprint density at radius 3 is 2.48 bits per heavy atom. The van der Waals surface area contributed by atoms with Crippen molar-refractivity contribution in [3.63, 3.8) is 0 Å². The number of hydrogen-bond donors (Lipinski definition) is 2. The molecule has 1 aromatic rings. The summed E-state index contributed by atoms with van der Waals surface area (Å²) in [5.74, 6) is 0.109. The van der Waals surface area contributed by atoms with Crippen LogP contribution >= 0.6 is 11.8 Å². The number of rotatable bonds is 6. The smallest absolute Gasteiger partial charge is 0.260 e. The van der Waals surface area contributed by atoms with Crippen LogP contribution in [-0.2, 0) is 14.4 Å². The summed E-state index contributed by atoms with van der Waals surface area (Å²) in [7, 11) is 0. The lowest BCUT2D eigenvalue weighted by molar-refractivity contribution is -0.118. The van der Waals surface area contributed by atoms with E-state index >= 15 is 0 Å². The second kappa shape index (κ2) is 8.59. The second-order valence-electron chi connectivity index (χ2n) is 5.92. The van der Waals surface area contributed by atoms with E-state index in [1.165, 1.54) is 18.7 Å². The normalized spacial score (nSPS) is 17.7. The van der Waals surface area contributed by atoms with Crippen LogP contribution in [0.25, 0.3) is 0 Å². The molecule has 0 saturated heterocycles. The van der Waals surface area contributed by atoms with Crippen molar-refractivity contribution in [2.45, 2.75) is 6.92 Å². The Hall–Kier alpha value is -3.00.